The van der Waals surface area contributed by atoms with Crippen molar-refractivity contribution in [1.29, 1.82) is 0 Å². The van der Waals surface area contributed by atoms with Gasteiger partial charge in [0, 0.05) is 11.8 Å². The van der Waals surface area contributed by atoms with Gasteiger partial charge in [-0.1, -0.05) is 13.0 Å². The summed E-state index contributed by atoms with van der Waals surface area (Å²) in [5.41, 5.74) is 0.678. The highest BCUT2D eigenvalue weighted by Gasteiger charge is 2.02. The molecule has 0 N–H and O–H groups in total. The minimum atomic E-state index is -0.241. The molecule has 0 aromatic carbocycles. The lowest BCUT2D eigenvalue weighted by Crippen LogP contribution is -1.99. The van der Waals surface area contributed by atoms with Crippen molar-refractivity contribution in [1.82, 2.24) is 0 Å². The first-order chi connectivity index (χ1) is 4.72. The first kappa shape index (κ1) is 9.56. The van der Waals surface area contributed by atoms with E-state index in [1.165, 1.54) is 0 Å². The Balaban J connectivity index is 3.82. The van der Waals surface area contributed by atoms with Gasteiger partial charge in [0.05, 0.1) is 12.0 Å². The largest absolute Gasteiger partial charge is 0.388 e. The molecular weight excluding hydrogens is 148 g/mol. The molecule has 0 heterocycles. The zero-order chi connectivity index (χ0) is 7.98. The Bertz CT molecular complexity index is 141. The van der Waals surface area contributed by atoms with Crippen molar-refractivity contribution in [2.75, 3.05) is 6.26 Å². The van der Waals surface area contributed by atoms with Gasteiger partial charge in [-0.25, -0.2) is 4.79 Å². The van der Waals surface area contributed by atoms with Crippen LogP contribution < -0.4 is 0 Å². The lowest BCUT2D eigenvalue weighted by Gasteiger charge is -1.97. The molecule has 0 aromatic heterocycles. The van der Waals surface area contributed by atoms with Crippen molar-refractivity contribution in [3.8, 4) is 0 Å². The second-order valence-electron chi connectivity index (χ2n) is 1.83. The van der Waals surface area contributed by atoms with E-state index in [9.17, 15) is 4.79 Å². The number of rotatable bonds is 3. The van der Waals surface area contributed by atoms with Crippen LogP contribution in [-0.2, 0) is 8.98 Å². The predicted molar refractivity (Wildman–Crippen MR) is 43.7 cm³/mol. The second-order valence-corrected chi connectivity index (χ2v) is 2.33. The van der Waals surface area contributed by atoms with Crippen LogP contribution in [0, 0.1) is 0 Å². The molecule has 0 aliphatic carbocycles. The fourth-order valence-electron chi connectivity index (χ4n) is 0.531. The molecule has 10 heavy (non-hydrogen) atoms. The highest BCUT2D eigenvalue weighted by Crippen LogP contribution is 2.04. The van der Waals surface area contributed by atoms with E-state index in [2.05, 4.69) is 4.18 Å². The summed E-state index contributed by atoms with van der Waals surface area (Å²) in [5, 5.41) is 0. The van der Waals surface area contributed by atoms with Crippen LogP contribution in [0.1, 0.15) is 20.3 Å². The van der Waals surface area contributed by atoms with Crippen LogP contribution in [0.4, 0.5) is 0 Å². The summed E-state index contributed by atoms with van der Waals surface area (Å²) < 4.78 is 4.67. The standard InChI is InChI=1S/C7H12O2S/c1-4-5-6(2)7(8)9-10-3/h5H,4H2,1-3H3/b6-5+. The molecule has 0 saturated heterocycles. The van der Waals surface area contributed by atoms with Crippen molar-refractivity contribution < 1.29 is 8.98 Å². The van der Waals surface area contributed by atoms with Crippen molar-refractivity contribution in [3.05, 3.63) is 11.6 Å². The van der Waals surface area contributed by atoms with E-state index in [1.54, 1.807) is 13.2 Å². The maximum absolute atomic E-state index is 10.8. The Morgan fingerprint density at radius 3 is 2.70 bits per heavy atom. The lowest BCUT2D eigenvalue weighted by molar-refractivity contribution is -0.128. The third-order valence-electron chi connectivity index (χ3n) is 0.991. The van der Waals surface area contributed by atoms with Crippen LogP contribution in [0.15, 0.2) is 11.6 Å². The first-order valence-electron chi connectivity index (χ1n) is 3.14. The second kappa shape index (κ2) is 5.35. The summed E-state index contributed by atoms with van der Waals surface area (Å²) in [6, 6.07) is 0. The highest BCUT2D eigenvalue weighted by molar-refractivity contribution is 7.94. The van der Waals surface area contributed by atoms with Crippen LogP contribution in [0.3, 0.4) is 0 Å². The fraction of sp³-hybridized carbons (Fsp3) is 0.571. The number of hydrogen-bond donors (Lipinski definition) is 0. The third-order valence-corrected chi connectivity index (χ3v) is 1.31. The monoisotopic (exact) mass is 160 g/mol. The Morgan fingerprint density at radius 1 is 1.70 bits per heavy atom. The minimum absolute atomic E-state index is 0.241. The molecule has 0 amide bonds. The maximum Gasteiger partial charge on any atom is 0.345 e. The van der Waals surface area contributed by atoms with Gasteiger partial charge in [0.2, 0.25) is 0 Å². The molecule has 0 aromatic rings. The summed E-state index contributed by atoms with van der Waals surface area (Å²) in [7, 11) is 0. The Hall–Kier alpha value is -0.440. The SMILES string of the molecule is CC/C=C(\C)C(=O)OSC. The van der Waals surface area contributed by atoms with E-state index in [-0.39, 0.29) is 5.97 Å². The lowest BCUT2D eigenvalue weighted by atomic mass is 10.2. The third kappa shape index (κ3) is 3.56. The van der Waals surface area contributed by atoms with E-state index >= 15 is 0 Å². The Labute approximate surface area is 65.8 Å². The summed E-state index contributed by atoms with van der Waals surface area (Å²) in [6.07, 6.45) is 4.44. The molecular formula is C7H12O2S. The Morgan fingerprint density at radius 2 is 2.30 bits per heavy atom. The van der Waals surface area contributed by atoms with Crippen molar-refractivity contribution in [2.24, 2.45) is 0 Å². The average Bonchev–Trinajstić information content (AvgIpc) is 1.89. The normalized spacial score (nSPS) is 11.3. The van der Waals surface area contributed by atoms with Crippen LogP contribution in [0.25, 0.3) is 0 Å². The van der Waals surface area contributed by atoms with Gasteiger partial charge >= 0.3 is 5.97 Å². The van der Waals surface area contributed by atoms with Gasteiger partial charge in [0.15, 0.2) is 0 Å². The molecule has 3 heteroatoms. The quantitative estimate of drug-likeness (QED) is 0.467. The molecule has 2 nitrogen and oxygen atoms in total. The molecule has 0 aliphatic rings. The zero-order valence-electron chi connectivity index (χ0n) is 6.51. The minimum Gasteiger partial charge on any atom is -0.388 e. The summed E-state index contributed by atoms with van der Waals surface area (Å²) in [4.78, 5) is 10.8. The van der Waals surface area contributed by atoms with Gasteiger partial charge in [-0.2, -0.15) is 0 Å². The van der Waals surface area contributed by atoms with E-state index in [1.807, 2.05) is 13.0 Å². The number of carbonyl (C=O) groups is 1. The molecule has 58 valence electrons. The Kier molecular flexibility index (Phi) is 5.12. The van der Waals surface area contributed by atoms with E-state index in [0.717, 1.165) is 18.5 Å². The maximum atomic E-state index is 10.8. The van der Waals surface area contributed by atoms with Gasteiger partial charge in [-0.05, 0) is 13.3 Å². The molecule has 0 radical (unpaired) electrons. The van der Waals surface area contributed by atoms with E-state index in [0.29, 0.717) is 5.57 Å². The molecule has 0 fully saturated rings. The smallest absolute Gasteiger partial charge is 0.345 e. The molecule has 0 atom stereocenters. The van der Waals surface area contributed by atoms with Gasteiger partial charge in [0.25, 0.3) is 0 Å². The number of allylic oxidation sites excluding steroid dienone is 1. The van der Waals surface area contributed by atoms with Crippen LogP contribution in [0.5, 0.6) is 0 Å². The topological polar surface area (TPSA) is 26.3 Å². The van der Waals surface area contributed by atoms with Gasteiger partial charge in [-0.3, -0.25) is 0 Å². The van der Waals surface area contributed by atoms with Gasteiger partial charge in [-0.15, -0.1) is 0 Å². The van der Waals surface area contributed by atoms with Gasteiger partial charge < -0.3 is 4.18 Å². The molecule has 0 rings (SSSR count). The molecule has 0 bridgehead atoms. The molecule has 0 spiro atoms. The van der Waals surface area contributed by atoms with E-state index < -0.39 is 0 Å². The van der Waals surface area contributed by atoms with E-state index in [4.69, 9.17) is 0 Å². The van der Waals surface area contributed by atoms with Crippen LogP contribution in [0.2, 0.25) is 0 Å². The summed E-state index contributed by atoms with van der Waals surface area (Å²) in [5.74, 6) is -0.241. The summed E-state index contributed by atoms with van der Waals surface area (Å²) in [6.45, 7) is 3.73. The molecule has 0 aliphatic heterocycles. The highest BCUT2D eigenvalue weighted by atomic mass is 32.2. The van der Waals surface area contributed by atoms with Crippen molar-refractivity contribution >= 4 is 18.0 Å². The number of hydrogen-bond acceptors (Lipinski definition) is 3. The number of carbonyl (C=O) groups excluding carboxylic acids is 1. The van der Waals surface area contributed by atoms with Crippen LogP contribution >= 0.6 is 12.0 Å². The molecule has 0 saturated carbocycles. The predicted octanol–water partition coefficient (Wildman–Crippen LogP) is 2.16. The van der Waals surface area contributed by atoms with Crippen molar-refractivity contribution in [3.63, 3.8) is 0 Å². The molecule has 0 unspecified atom stereocenters. The van der Waals surface area contributed by atoms with Crippen molar-refractivity contribution in [2.45, 2.75) is 20.3 Å². The average molecular weight is 160 g/mol. The van der Waals surface area contributed by atoms with Crippen LogP contribution in [-0.4, -0.2) is 12.2 Å². The first-order valence-corrected chi connectivity index (χ1v) is 4.29. The zero-order valence-corrected chi connectivity index (χ0v) is 7.33. The van der Waals surface area contributed by atoms with Gasteiger partial charge in [0.1, 0.15) is 0 Å². The fourth-order valence-corrected chi connectivity index (χ4v) is 0.814. The summed E-state index contributed by atoms with van der Waals surface area (Å²) >= 11 is 1.07.